The zero-order valence-corrected chi connectivity index (χ0v) is 15.5. The highest BCUT2D eigenvalue weighted by molar-refractivity contribution is 5.94. The molecule has 30 heavy (non-hydrogen) atoms. The average molecular weight is 418 g/mol. The van der Waals surface area contributed by atoms with Crippen molar-refractivity contribution in [3.8, 4) is 17.0 Å². The molecule has 10 heteroatoms. The predicted octanol–water partition coefficient (Wildman–Crippen LogP) is 3.27. The maximum Gasteiger partial charge on any atom is 0.573 e. The topological polar surface area (TPSA) is 102 Å². The van der Waals surface area contributed by atoms with E-state index in [9.17, 15) is 23.1 Å². The molecule has 0 saturated carbocycles. The van der Waals surface area contributed by atoms with Crippen LogP contribution in [0.2, 0.25) is 0 Å². The number of aliphatic hydroxyl groups excluding tert-OH is 1. The van der Waals surface area contributed by atoms with Gasteiger partial charge >= 0.3 is 6.36 Å². The van der Waals surface area contributed by atoms with Gasteiger partial charge in [-0.2, -0.15) is 0 Å². The molecule has 0 atom stereocenters. The van der Waals surface area contributed by atoms with Gasteiger partial charge in [0.1, 0.15) is 17.9 Å². The third-order valence-corrected chi connectivity index (χ3v) is 4.08. The van der Waals surface area contributed by atoms with Gasteiger partial charge in [-0.1, -0.05) is 12.1 Å². The summed E-state index contributed by atoms with van der Waals surface area (Å²) in [6.07, 6.45) is -3.47. The standard InChI is InChI=1S/C20H17F3N4O3/c21-20(22,23)30-16-6-4-15(5-7-16)27(8-9-28)18-11-17(25-12-26-18)13-2-1-3-14(10-13)19(24)29/h1-7,10-12,28H,8-9H2,(H2,24,29). The number of aliphatic hydroxyl groups is 1. The molecular formula is C20H17F3N4O3. The van der Waals surface area contributed by atoms with E-state index in [0.717, 1.165) is 0 Å². The van der Waals surface area contributed by atoms with Crippen LogP contribution < -0.4 is 15.4 Å². The second-order valence-electron chi connectivity index (χ2n) is 6.12. The lowest BCUT2D eigenvalue weighted by Gasteiger charge is -2.23. The van der Waals surface area contributed by atoms with Crippen molar-refractivity contribution < 1.29 is 27.8 Å². The highest BCUT2D eigenvalue weighted by Gasteiger charge is 2.31. The lowest BCUT2D eigenvalue weighted by molar-refractivity contribution is -0.274. The molecule has 0 unspecified atom stereocenters. The van der Waals surface area contributed by atoms with Crippen molar-refractivity contribution >= 4 is 17.4 Å². The lowest BCUT2D eigenvalue weighted by atomic mass is 10.1. The summed E-state index contributed by atoms with van der Waals surface area (Å²) >= 11 is 0. The van der Waals surface area contributed by atoms with Crippen LogP contribution in [0.15, 0.2) is 60.9 Å². The van der Waals surface area contributed by atoms with Crippen LogP contribution in [0.25, 0.3) is 11.3 Å². The number of alkyl halides is 3. The Balaban J connectivity index is 1.92. The molecule has 1 heterocycles. The Kier molecular flexibility index (Phi) is 6.17. The Morgan fingerprint density at radius 2 is 1.83 bits per heavy atom. The van der Waals surface area contributed by atoms with Gasteiger partial charge in [0, 0.05) is 29.4 Å². The molecule has 2 aromatic carbocycles. The third-order valence-electron chi connectivity index (χ3n) is 4.08. The van der Waals surface area contributed by atoms with Crippen LogP contribution in [0, 0.1) is 0 Å². The number of primary amides is 1. The van der Waals surface area contributed by atoms with Crippen molar-refractivity contribution in [2.24, 2.45) is 5.73 Å². The first-order valence-corrected chi connectivity index (χ1v) is 8.73. The number of hydrogen-bond acceptors (Lipinski definition) is 6. The van der Waals surface area contributed by atoms with Gasteiger partial charge < -0.3 is 20.5 Å². The van der Waals surface area contributed by atoms with Crippen molar-refractivity contribution in [3.05, 3.63) is 66.5 Å². The van der Waals surface area contributed by atoms with E-state index in [1.807, 2.05) is 0 Å². The molecule has 0 aliphatic heterocycles. The minimum absolute atomic E-state index is 0.136. The average Bonchev–Trinajstić information content (AvgIpc) is 2.72. The van der Waals surface area contributed by atoms with Gasteiger partial charge in [-0.3, -0.25) is 4.79 Å². The van der Waals surface area contributed by atoms with Crippen LogP contribution in [0.5, 0.6) is 5.75 Å². The Morgan fingerprint density at radius 3 is 2.47 bits per heavy atom. The fraction of sp³-hybridized carbons (Fsp3) is 0.150. The zero-order chi connectivity index (χ0) is 21.7. The maximum absolute atomic E-state index is 12.4. The summed E-state index contributed by atoms with van der Waals surface area (Å²) in [5, 5.41) is 9.44. The molecule has 7 nitrogen and oxygen atoms in total. The number of hydrogen-bond donors (Lipinski definition) is 2. The summed E-state index contributed by atoms with van der Waals surface area (Å²) in [4.78, 5) is 21.4. The molecular weight excluding hydrogens is 401 g/mol. The number of halogens is 3. The van der Waals surface area contributed by atoms with E-state index in [4.69, 9.17) is 5.73 Å². The van der Waals surface area contributed by atoms with E-state index in [1.165, 1.54) is 30.6 Å². The van der Waals surface area contributed by atoms with Crippen molar-refractivity contribution in [2.75, 3.05) is 18.1 Å². The second-order valence-corrected chi connectivity index (χ2v) is 6.12. The van der Waals surface area contributed by atoms with Crippen LogP contribution in [0.3, 0.4) is 0 Å². The summed E-state index contributed by atoms with van der Waals surface area (Å²) in [7, 11) is 0. The molecule has 0 saturated heterocycles. The Labute approximate surface area is 169 Å². The number of benzene rings is 2. The number of carbonyl (C=O) groups is 1. The van der Waals surface area contributed by atoms with E-state index < -0.39 is 12.3 Å². The highest BCUT2D eigenvalue weighted by atomic mass is 19.4. The fourth-order valence-electron chi connectivity index (χ4n) is 2.79. The van der Waals surface area contributed by atoms with Crippen LogP contribution in [0.4, 0.5) is 24.7 Å². The first-order chi connectivity index (χ1) is 14.3. The van der Waals surface area contributed by atoms with Gasteiger partial charge in [0.2, 0.25) is 5.91 Å². The summed E-state index contributed by atoms with van der Waals surface area (Å²) in [6.45, 7) is -0.0887. The van der Waals surface area contributed by atoms with Crippen molar-refractivity contribution in [1.29, 1.82) is 0 Å². The molecule has 0 spiro atoms. The Morgan fingerprint density at radius 1 is 1.10 bits per heavy atom. The van der Waals surface area contributed by atoms with E-state index in [-0.39, 0.29) is 18.9 Å². The number of amides is 1. The molecule has 1 amide bonds. The zero-order valence-electron chi connectivity index (χ0n) is 15.5. The highest BCUT2D eigenvalue weighted by Crippen LogP contribution is 2.30. The smallest absolute Gasteiger partial charge is 0.406 e. The van der Waals surface area contributed by atoms with E-state index in [1.54, 1.807) is 35.2 Å². The number of ether oxygens (including phenoxy) is 1. The van der Waals surface area contributed by atoms with Crippen molar-refractivity contribution in [2.45, 2.75) is 6.36 Å². The molecule has 3 N–H and O–H groups in total. The molecule has 0 radical (unpaired) electrons. The molecule has 0 aliphatic carbocycles. The SMILES string of the molecule is NC(=O)c1cccc(-c2cc(N(CCO)c3ccc(OC(F)(F)F)cc3)ncn2)c1. The maximum atomic E-state index is 12.4. The number of nitrogens with zero attached hydrogens (tertiary/aromatic N) is 3. The van der Waals surface area contributed by atoms with Crippen molar-refractivity contribution in [1.82, 2.24) is 9.97 Å². The summed E-state index contributed by atoms with van der Waals surface area (Å²) < 4.78 is 41.0. The molecule has 0 fully saturated rings. The number of aromatic nitrogens is 2. The molecule has 156 valence electrons. The summed E-state index contributed by atoms with van der Waals surface area (Å²) in [5.41, 5.74) is 7.27. The van der Waals surface area contributed by atoms with E-state index in [0.29, 0.717) is 28.3 Å². The summed E-state index contributed by atoms with van der Waals surface area (Å²) in [5.74, 6) is -0.529. The van der Waals surface area contributed by atoms with Gasteiger partial charge in [-0.15, -0.1) is 13.2 Å². The van der Waals surface area contributed by atoms with Gasteiger partial charge in [0.15, 0.2) is 0 Å². The number of rotatable bonds is 7. The van der Waals surface area contributed by atoms with Gasteiger partial charge in [0.05, 0.1) is 12.3 Å². The van der Waals surface area contributed by atoms with E-state index >= 15 is 0 Å². The minimum atomic E-state index is -4.78. The van der Waals surface area contributed by atoms with Crippen molar-refractivity contribution in [3.63, 3.8) is 0 Å². The lowest BCUT2D eigenvalue weighted by Crippen LogP contribution is -2.22. The molecule has 3 aromatic rings. The number of carbonyl (C=O) groups excluding carboxylic acids is 1. The largest absolute Gasteiger partial charge is 0.573 e. The molecule has 0 aliphatic rings. The molecule has 1 aromatic heterocycles. The van der Waals surface area contributed by atoms with Gasteiger partial charge in [-0.05, 0) is 36.4 Å². The number of nitrogens with two attached hydrogens (primary N) is 1. The van der Waals surface area contributed by atoms with Gasteiger partial charge in [0.25, 0.3) is 0 Å². The van der Waals surface area contributed by atoms with Crippen LogP contribution >= 0.6 is 0 Å². The second kappa shape index (κ2) is 8.78. The van der Waals surface area contributed by atoms with Crippen LogP contribution in [-0.2, 0) is 0 Å². The third kappa shape index (κ3) is 5.23. The van der Waals surface area contributed by atoms with Crippen LogP contribution in [-0.4, -0.2) is 40.5 Å². The molecule has 3 rings (SSSR count). The Bertz CT molecular complexity index is 1030. The normalized spacial score (nSPS) is 11.2. The first-order valence-electron chi connectivity index (χ1n) is 8.73. The Hall–Kier alpha value is -3.66. The fourth-order valence-corrected chi connectivity index (χ4v) is 2.79. The van der Waals surface area contributed by atoms with E-state index in [2.05, 4.69) is 14.7 Å². The van der Waals surface area contributed by atoms with Gasteiger partial charge in [-0.25, -0.2) is 9.97 Å². The monoisotopic (exact) mass is 418 g/mol. The quantitative estimate of drug-likeness (QED) is 0.611. The summed E-state index contributed by atoms with van der Waals surface area (Å²) in [6, 6.07) is 13.4. The van der Waals surface area contributed by atoms with Crippen LogP contribution in [0.1, 0.15) is 10.4 Å². The number of anilines is 2. The predicted molar refractivity (Wildman–Crippen MR) is 103 cm³/mol. The molecule has 0 bridgehead atoms. The minimum Gasteiger partial charge on any atom is -0.406 e. The first kappa shape index (κ1) is 21.1.